The van der Waals surface area contributed by atoms with Crippen LogP contribution in [0.2, 0.25) is 0 Å². The van der Waals surface area contributed by atoms with Gasteiger partial charge >= 0.3 is 0 Å². The lowest BCUT2D eigenvalue weighted by molar-refractivity contribution is -0.0365. The fourth-order valence-electron chi connectivity index (χ4n) is 4.67. The van der Waals surface area contributed by atoms with E-state index in [1.54, 1.807) is 6.07 Å². The first-order valence-corrected chi connectivity index (χ1v) is 11.3. The van der Waals surface area contributed by atoms with E-state index in [1.165, 1.54) is 12.3 Å². The molecule has 2 atom stereocenters. The van der Waals surface area contributed by atoms with Crippen LogP contribution in [-0.2, 0) is 4.74 Å². The molecule has 1 aromatic carbocycles. The van der Waals surface area contributed by atoms with Crippen molar-refractivity contribution in [2.75, 3.05) is 6.61 Å². The zero-order valence-electron chi connectivity index (χ0n) is 19.1. The van der Waals surface area contributed by atoms with E-state index in [4.69, 9.17) is 14.6 Å². The van der Waals surface area contributed by atoms with Gasteiger partial charge in [-0.3, -0.25) is 4.98 Å². The maximum atomic E-state index is 13.5. The van der Waals surface area contributed by atoms with E-state index in [2.05, 4.69) is 9.97 Å². The largest absolute Gasteiger partial charge is 0.486 e. The van der Waals surface area contributed by atoms with E-state index in [1.807, 2.05) is 56.0 Å². The van der Waals surface area contributed by atoms with Crippen molar-refractivity contribution in [3.8, 4) is 17.0 Å². The summed E-state index contributed by atoms with van der Waals surface area (Å²) < 4.78 is 27.8. The highest BCUT2D eigenvalue weighted by molar-refractivity contribution is 5.94. The maximum absolute atomic E-state index is 13.5. The Morgan fingerprint density at radius 3 is 2.61 bits per heavy atom. The molecule has 0 saturated carbocycles. The second-order valence-corrected chi connectivity index (χ2v) is 8.61. The van der Waals surface area contributed by atoms with Gasteiger partial charge in [0, 0.05) is 41.7 Å². The second-order valence-electron chi connectivity index (χ2n) is 8.61. The smallest absolute Gasteiger partial charge is 0.212 e. The first-order chi connectivity index (χ1) is 16.0. The van der Waals surface area contributed by atoms with E-state index in [0.717, 1.165) is 70.5 Å². The van der Waals surface area contributed by atoms with E-state index < -0.39 is 5.95 Å². The maximum Gasteiger partial charge on any atom is 0.212 e. The van der Waals surface area contributed by atoms with Gasteiger partial charge in [-0.05, 0) is 81.5 Å². The summed E-state index contributed by atoms with van der Waals surface area (Å²) in [6.45, 7) is 6.87. The van der Waals surface area contributed by atoms with Crippen molar-refractivity contribution in [1.29, 1.82) is 0 Å². The highest BCUT2D eigenvalue weighted by atomic mass is 19.1. The van der Waals surface area contributed by atoms with Crippen molar-refractivity contribution < 1.29 is 13.9 Å². The van der Waals surface area contributed by atoms with E-state index in [-0.39, 0.29) is 12.3 Å². The number of fused-ring (bicyclic) bond motifs is 1. The van der Waals surface area contributed by atoms with Crippen LogP contribution in [0.15, 0.2) is 48.9 Å². The number of aromatic nitrogens is 4. The van der Waals surface area contributed by atoms with Gasteiger partial charge in [0.2, 0.25) is 5.95 Å². The highest BCUT2D eigenvalue weighted by Crippen LogP contribution is 2.36. The monoisotopic (exact) mass is 446 g/mol. The van der Waals surface area contributed by atoms with Gasteiger partial charge in [0.1, 0.15) is 17.5 Å². The second kappa shape index (κ2) is 8.90. The molecule has 7 heteroatoms. The molecular weight excluding hydrogens is 419 g/mol. The lowest BCUT2D eigenvalue weighted by atomic mass is 10.0. The SMILES string of the molecule is Cc1cncc(C)c1[C@H](C)Oc1ccc2c(c1)c(-c1ccc(F)nc1)nn2C1CCCCO1. The Hall–Kier alpha value is -3.32. The van der Waals surface area contributed by atoms with Crippen molar-refractivity contribution >= 4 is 10.9 Å². The number of benzene rings is 1. The molecule has 1 aliphatic rings. The minimum absolute atomic E-state index is 0.115. The number of halogens is 1. The number of aryl methyl sites for hydroxylation is 2. The Kier molecular flexibility index (Phi) is 5.81. The third-order valence-corrected chi connectivity index (χ3v) is 6.21. The molecule has 170 valence electrons. The average Bonchev–Trinajstić information content (AvgIpc) is 3.19. The predicted molar refractivity (Wildman–Crippen MR) is 125 cm³/mol. The Bertz CT molecular complexity index is 1260. The van der Waals surface area contributed by atoms with Crippen LogP contribution < -0.4 is 4.74 Å². The molecule has 1 fully saturated rings. The zero-order valence-corrected chi connectivity index (χ0v) is 19.1. The molecule has 6 nitrogen and oxygen atoms in total. The Balaban J connectivity index is 1.57. The van der Waals surface area contributed by atoms with Gasteiger partial charge in [-0.15, -0.1) is 0 Å². The van der Waals surface area contributed by atoms with Crippen molar-refractivity contribution in [3.05, 3.63) is 71.6 Å². The topological polar surface area (TPSA) is 62.1 Å². The van der Waals surface area contributed by atoms with Gasteiger partial charge in [-0.25, -0.2) is 9.67 Å². The molecule has 33 heavy (non-hydrogen) atoms. The number of pyridine rings is 2. The molecule has 1 aliphatic heterocycles. The lowest BCUT2D eigenvalue weighted by Crippen LogP contribution is -2.19. The number of ether oxygens (including phenoxy) is 2. The van der Waals surface area contributed by atoms with Crippen molar-refractivity contribution in [1.82, 2.24) is 19.7 Å². The molecule has 0 spiro atoms. The molecule has 0 amide bonds. The van der Waals surface area contributed by atoms with Gasteiger partial charge < -0.3 is 9.47 Å². The number of hydrogen-bond acceptors (Lipinski definition) is 5. The standard InChI is InChI=1S/C26H27FN4O2/c1-16-13-28-14-17(2)25(16)18(3)33-20-8-9-22-21(12-20)26(19-7-10-23(27)29-15-19)30-31(22)24-6-4-5-11-32-24/h7-10,12-15,18,24H,4-6,11H2,1-3H3/t18-,24?/m0/s1. The molecule has 4 heterocycles. The van der Waals surface area contributed by atoms with Crippen LogP contribution in [-0.4, -0.2) is 26.4 Å². The third kappa shape index (κ3) is 4.20. The summed E-state index contributed by atoms with van der Waals surface area (Å²) in [6.07, 6.45) is 8.06. The number of rotatable bonds is 5. The van der Waals surface area contributed by atoms with E-state index >= 15 is 0 Å². The predicted octanol–water partition coefficient (Wildman–Crippen LogP) is 6.09. The van der Waals surface area contributed by atoms with Crippen LogP contribution in [0.3, 0.4) is 0 Å². The minimum atomic E-state index is -0.515. The lowest BCUT2D eigenvalue weighted by Gasteiger charge is -2.23. The molecule has 0 N–H and O–H groups in total. The van der Waals surface area contributed by atoms with Crippen molar-refractivity contribution in [3.63, 3.8) is 0 Å². The van der Waals surface area contributed by atoms with E-state index in [9.17, 15) is 4.39 Å². The first kappa shape index (κ1) is 21.5. The van der Waals surface area contributed by atoms with Crippen molar-refractivity contribution in [2.24, 2.45) is 0 Å². The fraction of sp³-hybridized carbons (Fsp3) is 0.346. The Labute approximate surface area is 192 Å². The van der Waals surface area contributed by atoms with Crippen LogP contribution in [0.1, 0.15) is 55.2 Å². The zero-order chi connectivity index (χ0) is 22.9. The summed E-state index contributed by atoms with van der Waals surface area (Å²) in [5.41, 5.74) is 5.78. The number of nitrogens with zero attached hydrogens (tertiary/aromatic N) is 4. The molecular formula is C26H27FN4O2. The summed E-state index contributed by atoms with van der Waals surface area (Å²) in [7, 11) is 0. The summed E-state index contributed by atoms with van der Waals surface area (Å²) in [6, 6.07) is 9.06. The molecule has 1 unspecified atom stereocenters. The summed E-state index contributed by atoms with van der Waals surface area (Å²) in [5.74, 6) is 0.227. The molecule has 5 rings (SSSR count). The van der Waals surface area contributed by atoms with Crippen LogP contribution in [0.25, 0.3) is 22.2 Å². The van der Waals surface area contributed by atoms with Crippen molar-refractivity contribution in [2.45, 2.75) is 52.4 Å². The van der Waals surface area contributed by atoms with Crippen LogP contribution >= 0.6 is 0 Å². The summed E-state index contributed by atoms with van der Waals surface area (Å²) >= 11 is 0. The average molecular weight is 447 g/mol. The van der Waals surface area contributed by atoms with Crippen LogP contribution in [0.4, 0.5) is 4.39 Å². The fourth-order valence-corrected chi connectivity index (χ4v) is 4.67. The quantitative estimate of drug-likeness (QED) is 0.347. The normalized spacial score (nSPS) is 17.3. The Morgan fingerprint density at radius 2 is 1.91 bits per heavy atom. The third-order valence-electron chi connectivity index (χ3n) is 6.21. The minimum Gasteiger partial charge on any atom is -0.486 e. The summed E-state index contributed by atoms with van der Waals surface area (Å²) in [5, 5.41) is 5.81. The van der Waals surface area contributed by atoms with Gasteiger partial charge in [-0.1, -0.05) is 0 Å². The van der Waals surface area contributed by atoms with Gasteiger partial charge in [-0.2, -0.15) is 9.49 Å². The molecule has 1 saturated heterocycles. The molecule has 0 aliphatic carbocycles. The van der Waals surface area contributed by atoms with Gasteiger partial charge in [0.15, 0.2) is 6.23 Å². The Morgan fingerprint density at radius 1 is 1.09 bits per heavy atom. The number of hydrogen-bond donors (Lipinski definition) is 0. The molecule has 4 aromatic rings. The van der Waals surface area contributed by atoms with Gasteiger partial charge in [0.05, 0.1) is 5.52 Å². The highest BCUT2D eigenvalue weighted by Gasteiger charge is 2.23. The first-order valence-electron chi connectivity index (χ1n) is 11.3. The molecule has 3 aromatic heterocycles. The molecule has 0 bridgehead atoms. The van der Waals surface area contributed by atoms with Crippen LogP contribution in [0, 0.1) is 19.8 Å². The summed E-state index contributed by atoms with van der Waals surface area (Å²) in [4.78, 5) is 8.09. The van der Waals surface area contributed by atoms with Crippen LogP contribution in [0.5, 0.6) is 5.75 Å². The molecule has 0 radical (unpaired) electrons. The van der Waals surface area contributed by atoms with E-state index in [0.29, 0.717) is 0 Å². The van der Waals surface area contributed by atoms with Gasteiger partial charge in [0.25, 0.3) is 0 Å².